The number of rotatable bonds is 9. The molecule has 0 aliphatic carbocycles. The number of nitrogens with one attached hydrogen (secondary N) is 1. The van der Waals surface area contributed by atoms with E-state index in [4.69, 9.17) is 17.3 Å². The van der Waals surface area contributed by atoms with Gasteiger partial charge in [-0.15, -0.1) is 0 Å². The van der Waals surface area contributed by atoms with E-state index in [1.807, 2.05) is 31.2 Å². The summed E-state index contributed by atoms with van der Waals surface area (Å²) in [5.74, 6) is 0.671. The molecule has 1 aromatic rings. The number of halogens is 1. The molecular formula is C17H27ClN2O. The fraction of sp³-hybridized carbons (Fsp3) is 0.588. The molecule has 0 saturated heterocycles. The summed E-state index contributed by atoms with van der Waals surface area (Å²) < 4.78 is 0. The van der Waals surface area contributed by atoms with Crippen molar-refractivity contribution >= 4 is 17.5 Å². The maximum Gasteiger partial charge on any atom is 0.220 e. The summed E-state index contributed by atoms with van der Waals surface area (Å²) in [6.45, 7) is 4.86. The maximum absolute atomic E-state index is 12.0. The van der Waals surface area contributed by atoms with Crippen LogP contribution in [-0.2, 0) is 11.2 Å². The number of amides is 1. The van der Waals surface area contributed by atoms with E-state index in [2.05, 4.69) is 12.2 Å². The summed E-state index contributed by atoms with van der Waals surface area (Å²) in [7, 11) is 0. The topological polar surface area (TPSA) is 55.1 Å². The second kappa shape index (κ2) is 9.80. The summed E-state index contributed by atoms with van der Waals surface area (Å²) >= 11 is 6.14. The minimum atomic E-state index is 0.0898. The molecule has 2 unspecified atom stereocenters. The molecule has 21 heavy (non-hydrogen) atoms. The quantitative estimate of drug-likeness (QED) is 0.733. The van der Waals surface area contributed by atoms with Gasteiger partial charge in [0.2, 0.25) is 5.91 Å². The smallest absolute Gasteiger partial charge is 0.220 e. The van der Waals surface area contributed by atoms with Crippen LogP contribution in [0.2, 0.25) is 5.02 Å². The molecule has 1 aromatic carbocycles. The molecule has 0 aromatic heterocycles. The fourth-order valence-corrected chi connectivity index (χ4v) is 2.73. The van der Waals surface area contributed by atoms with Crippen molar-refractivity contribution in [3.63, 3.8) is 0 Å². The van der Waals surface area contributed by atoms with Crippen LogP contribution in [0.3, 0.4) is 0 Å². The van der Waals surface area contributed by atoms with E-state index < -0.39 is 0 Å². The van der Waals surface area contributed by atoms with Crippen LogP contribution in [0.15, 0.2) is 24.3 Å². The Hall–Kier alpha value is -1.06. The molecule has 4 heteroatoms. The SMILES string of the molecule is CCC(CCN)CCC(=O)NC(C)Cc1ccccc1Cl. The van der Waals surface area contributed by atoms with Crippen molar-refractivity contribution in [1.82, 2.24) is 5.32 Å². The summed E-state index contributed by atoms with van der Waals surface area (Å²) in [6.07, 6.45) is 4.33. The van der Waals surface area contributed by atoms with Gasteiger partial charge in [0.15, 0.2) is 0 Å². The van der Waals surface area contributed by atoms with Crippen LogP contribution >= 0.6 is 11.6 Å². The van der Waals surface area contributed by atoms with E-state index in [-0.39, 0.29) is 11.9 Å². The molecule has 0 aliphatic heterocycles. The molecule has 1 amide bonds. The van der Waals surface area contributed by atoms with Crippen LogP contribution in [0.25, 0.3) is 0 Å². The largest absolute Gasteiger partial charge is 0.353 e. The first-order chi connectivity index (χ1) is 10.1. The lowest BCUT2D eigenvalue weighted by Gasteiger charge is -2.17. The number of carbonyl (C=O) groups is 1. The van der Waals surface area contributed by atoms with Gasteiger partial charge in [-0.2, -0.15) is 0 Å². The third kappa shape index (κ3) is 6.96. The second-order valence-corrected chi connectivity index (χ2v) is 6.06. The van der Waals surface area contributed by atoms with Crippen molar-refractivity contribution in [3.8, 4) is 0 Å². The van der Waals surface area contributed by atoms with Crippen LogP contribution in [0.1, 0.15) is 45.1 Å². The maximum atomic E-state index is 12.0. The molecule has 0 fully saturated rings. The van der Waals surface area contributed by atoms with E-state index >= 15 is 0 Å². The van der Waals surface area contributed by atoms with Crippen LogP contribution in [0, 0.1) is 5.92 Å². The summed E-state index contributed by atoms with van der Waals surface area (Å²) in [4.78, 5) is 12.0. The van der Waals surface area contributed by atoms with Crippen LogP contribution in [-0.4, -0.2) is 18.5 Å². The first kappa shape index (κ1) is 18.0. The highest BCUT2D eigenvalue weighted by molar-refractivity contribution is 6.31. The van der Waals surface area contributed by atoms with E-state index in [1.54, 1.807) is 0 Å². The predicted molar refractivity (Wildman–Crippen MR) is 89.4 cm³/mol. The third-order valence-corrected chi connectivity index (χ3v) is 4.19. The number of carbonyl (C=O) groups excluding carboxylic acids is 1. The van der Waals surface area contributed by atoms with Crippen molar-refractivity contribution in [2.75, 3.05) is 6.54 Å². The Labute approximate surface area is 133 Å². The van der Waals surface area contributed by atoms with Gasteiger partial charge in [-0.25, -0.2) is 0 Å². The number of hydrogen-bond donors (Lipinski definition) is 2. The Bertz CT molecular complexity index is 437. The van der Waals surface area contributed by atoms with Crippen molar-refractivity contribution in [3.05, 3.63) is 34.9 Å². The lowest BCUT2D eigenvalue weighted by molar-refractivity contribution is -0.122. The second-order valence-electron chi connectivity index (χ2n) is 5.65. The molecule has 3 nitrogen and oxygen atoms in total. The van der Waals surface area contributed by atoms with E-state index in [9.17, 15) is 4.79 Å². The standard InChI is InChI=1S/C17H27ClN2O/c1-3-14(10-11-19)8-9-17(21)20-13(2)12-15-6-4-5-7-16(15)18/h4-7,13-14H,3,8-12,19H2,1-2H3,(H,20,21). The van der Waals surface area contributed by atoms with E-state index in [1.165, 1.54) is 0 Å². The zero-order valence-electron chi connectivity index (χ0n) is 13.1. The van der Waals surface area contributed by atoms with Crippen LogP contribution in [0.5, 0.6) is 0 Å². The Morgan fingerprint density at radius 1 is 1.33 bits per heavy atom. The highest BCUT2D eigenvalue weighted by Gasteiger charge is 2.12. The third-order valence-electron chi connectivity index (χ3n) is 3.82. The molecule has 118 valence electrons. The summed E-state index contributed by atoms with van der Waals surface area (Å²) in [5.41, 5.74) is 6.65. The predicted octanol–water partition coefficient (Wildman–Crippen LogP) is 3.54. The molecule has 1 rings (SSSR count). The van der Waals surface area contributed by atoms with Crippen LogP contribution < -0.4 is 11.1 Å². The van der Waals surface area contributed by atoms with Gasteiger partial charge < -0.3 is 11.1 Å². The lowest BCUT2D eigenvalue weighted by Crippen LogP contribution is -2.34. The van der Waals surface area contributed by atoms with Gasteiger partial charge >= 0.3 is 0 Å². The molecular weight excluding hydrogens is 284 g/mol. The first-order valence-corrected chi connectivity index (χ1v) is 8.17. The van der Waals surface area contributed by atoms with Crippen LogP contribution in [0.4, 0.5) is 0 Å². The van der Waals surface area contributed by atoms with Gasteiger partial charge in [-0.05, 0) is 50.3 Å². The summed E-state index contributed by atoms with van der Waals surface area (Å²) in [6, 6.07) is 7.85. The Morgan fingerprint density at radius 2 is 2.05 bits per heavy atom. The average Bonchev–Trinajstić information content (AvgIpc) is 2.45. The van der Waals surface area contributed by atoms with Gasteiger partial charge in [-0.3, -0.25) is 4.79 Å². The highest BCUT2D eigenvalue weighted by atomic mass is 35.5. The lowest BCUT2D eigenvalue weighted by atomic mass is 9.96. The fourth-order valence-electron chi connectivity index (χ4n) is 2.52. The zero-order valence-corrected chi connectivity index (χ0v) is 13.8. The highest BCUT2D eigenvalue weighted by Crippen LogP contribution is 2.17. The molecule has 0 heterocycles. The van der Waals surface area contributed by atoms with Gasteiger partial charge in [0.05, 0.1) is 0 Å². The number of hydrogen-bond acceptors (Lipinski definition) is 2. The van der Waals surface area contributed by atoms with Gasteiger partial charge in [0, 0.05) is 17.5 Å². The Balaban J connectivity index is 2.35. The minimum absolute atomic E-state index is 0.0898. The summed E-state index contributed by atoms with van der Waals surface area (Å²) in [5, 5.41) is 3.81. The van der Waals surface area contributed by atoms with Gasteiger partial charge in [0.25, 0.3) is 0 Å². The van der Waals surface area contributed by atoms with Crippen molar-refractivity contribution < 1.29 is 4.79 Å². The van der Waals surface area contributed by atoms with Crippen molar-refractivity contribution in [1.29, 1.82) is 0 Å². The molecule has 3 N–H and O–H groups in total. The zero-order chi connectivity index (χ0) is 15.7. The number of nitrogens with two attached hydrogens (primary N) is 1. The normalized spacial score (nSPS) is 13.7. The average molecular weight is 311 g/mol. The Kier molecular flexibility index (Phi) is 8.40. The monoisotopic (exact) mass is 310 g/mol. The molecule has 0 aliphatic rings. The molecule has 0 spiro atoms. The molecule has 0 saturated carbocycles. The van der Waals surface area contributed by atoms with E-state index in [0.717, 1.165) is 36.3 Å². The molecule has 0 radical (unpaired) electrons. The molecule has 2 atom stereocenters. The Morgan fingerprint density at radius 3 is 2.67 bits per heavy atom. The van der Waals surface area contributed by atoms with Gasteiger partial charge in [-0.1, -0.05) is 43.1 Å². The number of benzene rings is 1. The minimum Gasteiger partial charge on any atom is -0.353 e. The van der Waals surface area contributed by atoms with Crippen molar-refractivity contribution in [2.45, 2.75) is 52.0 Å². The van der Waals surface area contributed by atoms with Crippen molar-refractivity contribution in [2.24, 2.45) is 11.7 Å². The van der Waals surface area contributed by atoms with E-state index in [0.29, 0.717) is 18.9 Å². The first-order valence-electron chi connectivity index (χ1n) is 7.79. The van der Waals surface area contributed by atoms with Gasteiger partial charge in [0.1, 0.15) is 0 Å². The molecule has 0 bridgehead atoms.